The summed E-state index contributed by atoms with van der Waals surface area (Å²) in [4.78, 5) is 0. The molecule has 8 heavy (non-hydrogen) atoms. The molecule has 0 bridgehead atoms. The first-order valence-electron chi connectivity index (χ1n) is 2.35. The summed E-state index contributed by atoms with van der Waals surface area (Å²) in [6, 6.07) is 0. The van der Waals surface area contributed by atoms with Gasteiger partial charge in [0.05, 0.1) is 26.4 Å². The van der Waals surface area contributed by atoms with Gasteiger partial charge in [-0.1, -0.05) is 0 Å². The lowest BCUT2D eigenvalue weighted by molar-refractivity contribution is -0.176. The summed E-state index contributed by atoms with van der Waals surface area (Å²) < 4.78 is 9.89. The zero-order chi connectivity index (χ0) is 6.24. The molecule has 1 saturated heterocycles. The maximum absolute atomic E-state index is 6.00. The second-order valence-electron chi connectivity index (χ2n) is 1.22. The minimum absolute atomic E-state index is 0.778. The van der Waals surface area contributed by atoms with Crippen molar-refractivity contribution in [3.05, 3.63) is 0 Å². The van der Waals surface area contributed by atoms with Gasteiger partial charge < -0.3 is 9.47 Å². The first kappa shape index (κ1) is 7.84. The van der Waals surface area contributed by atoms with E-state index in [0.29, 0.717) is 0 Å². The maximum atomic E-state index is 6.00. The van der Waals surface area contributed by atoms with E-state index < -0.39 is 0 Å². The second kappa shape index (κ2) is 6.84. The van der Waals surface area contributed by atoms with Crippen molar-refractivity contribution in [2.45, 2.75) is 0 Å². The van der Waals surface area contributed by atoms with Gasteiger partial charge in [-0.25, -0.2) is 0 Å². The maximum Gasteiger partial charge on any atom is 0.0701 e. The quantitative estimate of drug-likeness (QED) is 0.352. The van der Waals surface area contributed by atoms with E-state index in [0.717, 1.165) is 26.4 Å². The van der Waals surface area contributed by atoms with E-state index in [4.69, 9.17) is 20.0 Å². The highest BCUT2D eigenvalue weighted by molar-refractivity contribution is 4.37. The van der Waals surface area contributed by atoms with Gasteiger partial charge in [-0.05, 0) is 0 Å². The Morgan fingerprint density at radius 3 is 1.12 bits per heavy atom. The lowest BCUT2D eigenvalue weighted by Gasteiger charge is -2.09. The fourth-order valence-corrected chi connectivity index (χ4v) is 0.440. The van der Waals surface area contributed by atoms with Gasteiger partial charge in [0.2, 0.25) is 0 Å². The first-order valence-corrected chi connectivity index (χ1v) is 2.35. The molecule has 0 aromatic rings. The highest BCUT2D eigenvalue weighted by Crippen LogP contribution is 1.85. The normalized spacial score (nSPS) is 18.8. The smallest absolute Gasteiger partial charge is 0.0701 e. The Balaban J connectivity index is 0.000000222. The molecule has 1 aliphatic heterocycles. The second-order valence-corrected chi connectivity index (χ2v) is 1.22. The average Bonchev–Trinajstić information content (AvgIpc) is 1.96. The molecule has 1 aliphatic rings. The van der Waals surface area contributed by atoms with Crippen LogP contribution in [0.15, 0.2) is 0 Å². The van der Waals surface area contributed by atoms with E-state index in [9.17, 15) is 0 Å². The molecule has 0 saturated carbocycles. The Bertz CT molecular complexity index is 23.5. The van der Waals surface area contributed by atoms with Crippen LogP contribution in [-0.2, 0) is 9.47 Å². The average molecular weight is 122 g/mol. The van der Waals surface area contributed by atoms with Crippen LogP contribution in [0.3, 0.4) is 0 Å². The van der Waals surface area contributed by atoms with Gasteiger partial charge in [-0.15, -0.1) is 0 Å². The third-order valence-corrected chi connectivity index (χ3v) is 0.744. The van der Waals surface area contributed by atoms with E-state index in [2.05, 4.69) is 0 Å². The summed E-state index contributed by atoms with van der Waals surface area (Å²) in [6.07, 6.45) is 0. The van der Waals surface area contributed by atoms with Gasteiger partial charge in [0.1, 0.15) is 0 Å². The molecule has 2 N–H and O–H groups in total. The van der Waals surface area contributed by atoms with Crippen LogP contribution in [0.25, 0.3) is 0 Å². The summed E-state index contributed by atoms with van der Waals surface area (Å²) in [6.45, 7) is 3.11. The Morgan fingerprint density at radius 2 is 1.00 bits per heavy atom. The summed E-state index contributed by atoms with van der Waals surface area (Å²) in [5.41, 5.74) is 0. The molecule has 0 aromatic heterocycles. The molecule has 0 unspecified atom stereocenters. The third kappa shape index (κ3) is 4.01. The molecule has 50 valence electrons. The topological polar surface area (TPSA) is 58.9 Å². The van der Waals surface area contributed by atoms with Crippen molar-refractivity contribution < 1.29 is 20.0 Å². The van der Waals surface area contributed by atoms with Crippen LogP contribution < -0.4 is 0 Å². The highest BCUT2D eigenvalue weighted by atomic mass is 17.0. The Kier molecular flexibility index (Phi) is 6.70. The van der Waals surface area contributed by atoms with E-state index in [-0.39, 0.29) is 0 Å². The third-order valence-electron chi connectivity index (χ3n) is 0.744. The molecular formula is C4H10O4. The van der Waals surface area contributed by atoms with Crippen molar-refractivity contribution in [3.8, 4) is 0 Å². The van der Waals surface area contributed by atoms with Crippen molar-refractivity contribution >= 4 is 0 Å². The fourth-order valence-electron chi connectivity index (χ4n) is 0.440. The number of hydrogen-bond acceptors (Lipinski definition) is 4. The highest BCUT2D eigenvalue weighted by Gasteiger charge is 1.94. The molecule has 1 rings (SSSR count). The number of ether oxygens (including phenoxy) is 2. The molecule has 4 nitrogen and oxygen atoms in total. The van der Waals surface area contributed by atoms with Crippen molar-refractivity contribution in [3.63, 3.8) is 0 Å². The van der Waals surface area contributed by atoms with Crippen molar-refractivity contribution in [1.29, 1.82) is 0 Å². The first-order chi connectivity index (χ1) is 4.00. The van der Waals surface area contributed by atoms with Gasteiger partial charge in [-0.3, -0.25) is 10.5 Å². The Morgan fingerprint density at radius 1 is 0.750 bits per heavy atom. The van der Waals surface area contributed by atoms with Crippen LogP contribution in [-0.4, -0.2) is 36.9 Å². The minimum Gasteiger partial charge on any atom is -0.377 e. The molecule has 0 amide bonds. The van der Waals surface area contributed by atoms with Crippen LogP contribution in [0.2, 0.25) is 0 Å². The predicted molar refractivity (Wildman–Crippen MR) is 26.9 cm³/mol. The summed E-state index contributed by atoms with van der Waals surface area (Å²) in [5, 5.41) is 12.0. The Labute approximate surface area is 47.6 Å². The monoisotopic (exact) mass is 122 g/mol. The van der Waals surface area contributed by atoms with Gasteiger partial charge >= 0.3 is 0 Å². The SMILES string of the molecule is C1COCCO1.OO. The van der Waals surface area contributed by atoms with E-state index in [1.54, 1.807) is 0 Å². The molecule has 0 aromatic carbocycles. The van der Waals surface area contributed by atoms with E-state index >= 15 is 0 Å². The van der Waals surface area contributed by atoms with E-state index in [1.807, 2.05) is 0 Å². The zero-order valence-corrected chi connectivity index (χ0v) is 4.54. The van der Waals surface area contributed by atoms with Gasteiger partial charge in [-0.2, -0.15) is 0 Å². The molecule has 0 aliphatic carbocycles. The van der Waals surface area contributed by atoms with Crippen molar-refractivity contribution in [1.82, 2.24) is 0 Å². The van der Waals surface area contributed by atoms with Crippen LogP contribution in [0, 0.1) is 0 Å². The van der Waals surface area contributed by atoms with E-state index in [1.165, 1.54) is 0 Å². The fraction of sp³-hybridized carbons (Fsp3) is 1.00. The van der Waals surface area contributed by atoms with Crippen LogP contribution in [0.4, 0.5) is 0 Å². The van der Waals surface area contributed by atoms with Gasteiger partial charge in [0.25, 0.3) is 0 Å². The molecule has 0 radical (unpaired) electrons. The molecule has 0 atom stereocenters. The van der Waals surface area contributed by atoms with Gasteiger partial charge in [0.15, 0.2) is 0 Å². The number of hydrogen-bond donors (Lipinski definition) is 2. The van der Waals surface area contributed by atoms with Crippen molar-refractivity contribution in [2.24, 2.45) is 0 Å². The van der Waals surface area contributed by atoms with Crippen LogP contribution in [0.1, 0.15) is 0 Å². The van der Waals surface area contributed by atoms with Crippen molar-refractivity contribution in [2.75, 3.05) is 26.4 Å². The Hall–Kier alpha value is -0.160. The summed E-state index contributed by atoms with van der Waals surface area (Å²) in [7, 11) is 0. The largest absolute Gasteiger partial charge is 0.377 e. The summed E-state index contributed by atoms with van der Waals surface area (Å²) in [5.74, 6) is 0. The van der Waals surface area contributed by atoms with Crippen LogP contribution >= 0.6 is 0 Å². The number of rotatable bonds is 0. The predicted octanol–water partition coefficient (Wildman–Crippen LogP) is 0.0506. The zero-order valence-electron chi connectivity index (χ0n) is 4.54. The van der Waals surface area contributed by atoms with Crippen LogP contribution in [0.5, 0.6) is 0 Å². The molecule has 0 spiro atoms. The van der Waals surface area contributed by atoms with Gasteiger partial charge in [0, 0.05) is 0 Å². The lowest BCUT2D eigenvalue weighted by Crippen LogP contribution is -2.16. The standard InChI is InChI=1S/C4H8O2.H2O2/c1-2-6-4-3-5-1;1-2/h1-4H2;1-2H. The minimum atomic E-state index is 0.778. The lowest BCUT2D eigenvalue weighted by atomic mass is 10.6. The molecule has 4 heteroatoms. The molecule has 1 fully saturated rings. The molecular weight excluding hydrogens is 112 g/mol. The summed E-state index contributed by atoms with van der Waals surface area (Å²) >= 11 is 0. The molecule has 1 heterocycles.